The highest BCUT2D eigenvalue weighted by atomic mass is 16.3. The molecule has 5 nitrogen and oxygen atoms in total. The van der Waals surface area contributed by atoms with E-state index in [4.69, 9.17) is 5.11 Å². The van der Waals surface area contributed by atoms with E-state index in [1.807, 2.05) is 0 Å². The van der Waals surface area contributed by atoms with Crippen molar-refractivity contribution in [1.82, 2.24) is 9.97 Å². The van der Waals surface area contributed by atoms with Gasteiger partial charge in [-0.3, -0.25) is 0 Å². The van der Waals surface area contributed by atoms with Crippen molar-refractivity contribution in [2.24, 2.45) is 0 Å². The summed E-state index contributed by atoms with van der Waals surface area (Å²) in [5.41, 5.74) is 0.471. The first-order valence-electron chi connectivity index (χ1n) is 4.13. The zero-order chi connectivity index (χ0) is 9.84. The maximum absolute atomic E-state index is 9.50. The molecular formula is C8H14N2O3. The van der Waals surface area contributed by atoms with Crippen LogP contribution in [0.15, 0.2) is 6.20 Å². The van der Waals surface area contributed by atoms with Gasteiger partial charge in [-0.15, -0.1) is 0 Å². The Morgan fingerprint density at radius 1 is 1.54 bits per heavy atom. The van der Waals surface area contributed by atoms with Crippen LogP contribution in [0.1, 0.15) is 24.0 Å². The maximum atomic E-state index is 9.50. The van der Waals surface area contributed by atoms with Crippen LogP contribution in [0.5, 0.6) is 0 Å². The van der Waals surface area contributed by atoms with Gasteiger partial charge in [0, 0.05) is 6.61 Å². The number of nitrogens with one attached hydrogen (secondary N) is 1. The molecule has 0 amide bonds. The molecule has 13 heavy (non-hydrogen) atoms. The van der Waals surface area contributed by atoms with Crippen molar-refractivity contribution in [3.8, 4) is 0 Å². The number of H-pyrrole nitrogens is 1. The van der Waals surface area contributed by atoms with Crippen molar-refractivity contribution in [2.75, 3.05) is 6.61 Å². The van der Waals surface area contributed by atoms with Gasteiger partial charge in [0.25, 0.3) is 0 Å². The summed E-state index contributed by atoms with van der Waals surface area (Å²) >= 11 is 0. The number of aryl methyl sites for hydroxylation is 1. The lowest BCUT2D eigenvalue weighted by molar-refractivity contribution is 0.00209. The van der Waals surface area contributed by atoms with Crippen molar-refractivity contribution in [3.63, 3.8) is 0 Å². The van der Waals surface area contributed by atoms with Gasteiger partial charge in [0.2, 0.25) is 0 Å². The molecule has 2 atom stereocenters. The molecule has 5 heteroatoms. The third kappa shape index (κ3) is 2.51. The number of imidazole rings is 1. The van der Waals surface area contributed by atoms with Gasteiger partial charge in [0.15, 0.2) is 0 Å². The first kappa shape index (κ1) is 10.2. The van der Waals surface area contributed by atoms with E-state index in [-0.39, 0.29) is 13.0 Å². The Kier molecular flexibility index (Phi) is 3.41. The Balaban J connectivity index is 2.61. The molecule has 0 spiro atoms. The summed E-state index contributed by atoms with van der Waals surface area (Å²) in [6, 6.07) is 0. The van der Waals surface area contributed by atoms with E-state index in [0.717, 1.165) is 0 Å². The van der Waals surface area contributed by atoms with Gasteiger partial charge < -0.3 is 20.3 Å². The van der Waals surface area contributed by atoms with E-state index < -0.39 is 12.2 Å². The second-order valence-electron chi connectivity index (χ2n) is 2.95. The van der Waals surface area contributed by atoms with E-state index >= 15 is 0 Å². The highest BCUT2D eigenvalue weighted by Crippen LogP contribution is 2.16. The number of hydrogen-bond donors (Lipinski definition) is 4. The van der Waals surface area contributed by atoms with Gasteiger partial charge in [-0.1, -0.05) is 0 Å². The molecule has 0 saturated heterocycles. The van der Waals surface area contributed by atoms with Crippen LogP contribution >= 0.6 is 0 Å². The van der Waals surface area contributed by atoms with Crippen LogP contribution < -0.4 is 0 Å². The molecule has 4 N–H and O–H groups in total. The number of aromatic nitrogens is 2. The first-order chi connectivity index (χ1) is 6.15. The number of aromatic amines is 1. The Bertz CT molecular complexity index is 262. The van der Waals surface area contributed by atoms with Crippen LogP contribution in [0.3, 0.4) is 0 Å². The molecule has 0 aliphatic rings. The molecule has 0 saturated carbocycles. The fraction of sp³-hybridized carbons (Fsp3) is 0.625. The number of nitrogens with zero attached hydrogens (tertiary/aromatic N) is 1. The van der Waals surface area contributed by atoms with Gasteiger partial charge in [0.05, 0.1) is 18.0 Å². The molecule has 1 rings (SSSR count). The lowest BCUT2D eigenvalue weighted by Crippen LogP contribution is -2.19. The van der Waals surface area contributed by atoms with Gasteiger partial charge in [-0.2, -0.15) is 0 Å². The Morgan fingerprint density at radius 3 is 2.69 bits per heavy atom. The maximum Gasteiger partial charge on any atom is 0.121 e. The predicted octanol–water partition coefficient (Wildman–Crippen LogP) is -0.505. The van der Waals surface area contributed by atoms with E-state index in [0.29, 0.717) is 11.5 Å². The third-order valence-electron chi connectivity index (χ3n) is 1.83. The lowest BCUT2D eigenvalue weighted by atomic mass is 10.1. The summed E-state index contributed by atoms with van der Waals surface area (Å²) in [5, 5.41) is 27.4. The highest BCUT2D eigenvalue weighted by molar-refractivity contribution is 5.05. The van der Waals surface area contributed by atoms with Crippen molar-refractivity contribution in [3.05, 3.63) is 17.7 Å². The Morgan fingerprint density at radius 2 is 2.23 bits per heavy atom. The fourth-order valence-corrected chi connectivity index (χ4v) is 1.09. The van der Waals surface area contributed by atoms with Crippen molar-refractivity contribution in [2.45, 2.75) is 25.6 Å². The highest BCUT2D eigenvalue weighted by Gasteiger charge is 2.19. The summed E-state index contributed by atoms with van der Waals surface area (Å²) in [6.07, 6.45) is -0.335. The zero-order valence-electron chi connectivity index (χ0n) is 7.44. The quantitative estimate of drug-likeness (QED) is 0.510. The van der Waals surface area contributed by atoms with Crippen LogP contribution in [0.2, 0.25) is 0 Å². The number of hydrogen-bond acceptors (Lipinski definition) is 4. The Hall–Kier alpha value is -0.910. The van der Waals surface area contributed by atoms with Crippen LogP contribution in [0.4, 0.5) is 0 Å². The molecule has 1 aromatic heterocycles. The molecule has 0 fully saturated rings. The average molecular weight is 186 g/mol. The standard InChI is InChI=1S/C8H14N2O3/c1-5-9-4-6(10-5)8(13)7(12)2-3-11/h4,7-8,11-13H,2-3H2,1H3,(H,9,10). The minimum absolute atomic E-state index is 0.147. The number of aliphatic hydroxyl groups is 3. The molecule has 1 aromatic rings. The first-order valence-corrected chi connectivity index (χ1v) is 4.13. The third-order valence-corrected chi connectivity index (χ3v) is 1.83. The molecule has 0 bridgehead atoms. The monoisotopic (exact) mass is 186 g/mol. The summed E-state index contributed by atoms with van der Waals surface area (Å²) < 4.78 is 0. The molecule has 0 radical (unpaired) electrons. The molecule has 74 valence electrons. The second kappa shape index (κ2) is 4.36. The van der Waals surface area contributed by atoms with Crippen LogP contribution in [-0.2, 0) is 0 Å². The molecule has 2 unspecified atom stereocenters. The number of rotatable bonds is 4. The van der Waals surface area contributed by atoms with Gasteiger partial charge in [-0.05, 0) is 13.3 Å². The van der Waals surface area contributed by atoms with E-state index in [1.54, 1.807) is 6.92 Å². The van der Waals surface area contributed by atoms with E-state index in [9.17, 15) is 10.2 Å². The molecule has 0 aromatic carbocycles. The summed E-state index contributed by atoms with van der Waals surface area (Å²) in [4.78, 5) is 6.70. The van der Waals surface area contributed by atoms with E-state index in [1.165, 1.54) is 6.20 Å². The van der Waals surface area contributed by atoms with Gasteiger partial charge in [-0.25, -0.2) is 4.98 Å². The van der Waals surface area contributed by atoms with Crippen molar-refractivity contribution in [1.29, 1.82) is 0 Å². The average Bonchev–Trinajstić information content (AvgIpc) is 2.51. The zero-order valence-corrected chi connectivity index (χ0v) is 7.44. The van der Waals surface area contributed by atoms with E-state index in [2.05, 4.69) is 9.97 Å². The molecular weight excluding hydrogens is 172 g/mol. The van der Waals surface area contributed by atoms with Crippen LogP contribution in [0.25, 0.3) is 0 Å². The van der Waals surface area contributed by atoms with Gasteiger partial charge in [0.1, 0.15) is 11.9 Å². The fourth-order valence-electron chi connectivity index (χ4n) is 1.09. The molecule has 0 aliphatic carbocycles. The Labute approximate surface area is 76.1 Å². The predicted molar refractivity (Wildman–Crippen MR) is 46.0 cm³/mol. The summed E-state index contributed by atoms with van der Waals surface area (Å²) in [6.45, 7) is 1.61. The number of aliphatic hydroxyl groups excluding tert-OH is 3. The largest absolute Gasteiger partial charge is 0.396 e. The normalized spacial score (nSPS) is 15.7. The van der Waals surface area contributed by atoms with Crippen molar-refractivity contribution >= 4 is 0 Å². The van der Waals surface area contributed by atoms with Crippen LogP contribution in [0, 0.1) is 6.92 Å². The van der Waals surface area contributed by atoms with Gasteiger partial charge >= 0.3 is 0 Å². The minimum atomic E-state index is -1.01. The van der Waals surface area contributed by atoms with Crippen molar-refractivity contribution < 1.29 is 15.3 Å². The summed E-state index contributed by atoms with van der Waals surface area (Å²) in [5.74, 6) is 0.685. The topological polar surface area (TPSA) is 89.4 Å². The minimum Gasteiger partial charge on any atom is -0.396 e. The summed E-state index contributed by atoms with van der Waals surface area (Å²) in [7, 11) is 0. The molecule has 1 heterocycles. The smallest absolute Gasteiger partial charge is 0.121 e. The lowest BCUT2D eigenvalue weighted by Gasteiger charge is -2.14. The molecule has 0 aliphatic heterocycles. The second-order valence-corrected chi connectivity index (χ2v) is 2.95. The van der Waals surface area contributed by atoms with Crippen LogP contribution in [-0.4, -0.2) is 38.0 Å². The SMILES string of the molecule is Cc1ncc(C(O)C(O)CCO)[nH]1.